The van der Waals surface area contributed by atoms with Gasteiger partial charge in [0.05, 0.1) is 0 Å². The molecule has 0 saturated heterocycles. The van der Waals surface area contributed by atoms with Gasteiger partial charge in [-0.2, -0.15) is 4.73 Å². The van der Waals surface area contributed by atoms with E-state index in [9.17, 15) is 5.21 Å². The van der Waals surface area contributed by atoms with Crippen LogP contribution >= 0.6 is 0 Å². The van der Waals surface area contributed by atoms with Crippen molar-refractivity contribution in [2.45, 2.75) is 79.1 Å². The number of rotatable bonds is 4. The molecule has 3 aromatic heterocycles. The summed E-state index contributed by atoms with van der Waals surface area (Å²) in [7, 11) is 0. The molecule has 0 unspecified atom stereocenters. The molecule has 3 heterocycles. The predicted octanol–water partition coefficient (Wildman–Crippen LogP) is 13.3. The van der Waals surface area contributed by atoms with Gasteiger partial charge in [0, 0.05) is 46.0 Å². The third-order valence-corrected chi connectivity index (χ3v) is 9.43. The van der Waals surface area contributed by atoms with Crippen molar-refractivity contribution < 1.29 is 4.73 Å². The maximum atomic E-state index is 11.3. The van der Waals surface area contributed by atoms with Crippen LogP contribution in [-0.2, 0) is 0 Å². The molecule has 0 aliphatic heterocycles. The number of aromatic nitrogens is 3. The number of fused-ring (bicyclic) bond motifs is 4. The van der Waals surface area contributed by atoms with E-state index < -0.39 is 0 Å². The van der Waals surface area contributed by atoms with Crippen LogP contribution < -0.4 is 4.73 Å². The average molecular weight is 700 g/mol. The van der Waals surface area contributed by atoms with Crippen molar-refractivity contribution in [1.82, 2.24) is 9.97 Å². The van der Waals surface area contributed by atoms with Crippen LogP contribution in [0.25, 0.3) is 43.1 Å². The van der Waals surface area contributed by atoms with Gasteiger partial charge in [-0.05, 0) is 73.9 Å². The molecule has 53 heavy (non-hydrogen) atoms. The first kappa shape index (κ1) is 38.6. The quantitative estimate of drug-likeness (QED) is 0.136. The highest BCUT2D eigenvalue weighted by atomic mass is 16.5. The van der Waals surface area contributed by atoms with Crippen LogP contribution in [0, 0.1) is 5.21 Å². The predicted molar refractivity (Wildman–Crippen MR) is 227 cm³/mol. The summed E-state index contributed by atoms with van der Waals surface area (Å²) in [5.74, 6) is 2.04. The lowest BCUT2D eigenvalue weighted by Gasteiger charge is -2.08. The van der Waals surface area contributed by atoms with Crippen LogP contribution in [0.5, 0.6) is 0 Å². The molecule has 8 aromatic rings. The van der Waals surface area contributed by atoms with Crippen molar-refractivity contribution in [1.29, 1.82) is 0 Å². The molecular weight excluding hydrogens is 647 g/mol. The fourth-order valence-corrected chi connectivity index (χ4v) is 6.30. The minimum Gasteiger partial charge on any atom is -0.619 e. The smallest absolute Gasteiger partial charge is 0.188 e. The van der Waals surface area contributed by atoms with E-state index in [1.54, 1.807) is 12.4 Å². The maximum absolute atomic E-state index is 11.3. The third kappa shape index (κ3) is 10.3. The van der Waals surface area contributed by atoms with Gasteiger partial charge < -0.3 is 5.21 Å². The Morgan fingerprint density at radius 3 is 1.57 bits per heavy atom. The standard InChI is InChI=1S/C13H14.C12H13NO.2C12H13N/c1-10(2)12-8-7-11-5-3-4-6-13(11)9-12;1-9(2)12-8-13(14)7-10-5-3-4-6-11(10)12;1-9(2)12-8-13-7-10-5-3-4-6-11(10)12;1-9(2)12-7-10-5-3-4-6-11(10)8-13-12/h3-10H,1-2H3;3-9H,1-2H3;2*3-9H,1-2H3. The first-order valence-electron chi connectivity index (χ1n) is 18.8. The van der Waals surface area contributed by atoms with Gasteiger partial charge in [-0.3, -0.25) is 9.97 Å². The van der Waals surface area contributed by atoms with Crippen molar-refractivity contribution >= 4 is 43.1 Å². The molecule has 4 nitrogen and oxygen atoms in total. The monoisotopic (exact) mass is 699 g/mol. The molecule has 0 N–H and O–H groups in total. The second kappa shape index (κ2) is 18.2. The molecule has 0 atom stereocenters. The molecule has 5 aromatic carbocycles. The van der Waals surface area contributed by atoms with Gasteiger partial charge in [-0.1, -0.05) is 165 Å². The Bertz CT molecular complexity index is 2300. The summed E-state index contributed by atoms with van der Waals surface area (Å²) in [6.07, 6.45) is 9.10. The first-order valence-corrected chi connectivity index (χ1v) is 18.8. The lowest BCUT2D eigenvalue weighted by molar-refractivity contribution is -0.604. The number of pyridine rings is 3. The van der Waals surface area contributed by atoms with E-state index in [1.165, 1.54) is 54.5 Å². The van der Waals surface area contributed by atoms with Crippen LogP contribution in [0.3, 0.4) is 0 Å². The number of benzene rings is 5. The van der Waals surface area contributed by atoms with Gasteiger partial charge in [0.15, 0.2) is 12.4 Å². The Labute approximate surface area is 315 Å². The molecule has 270 valence electrons. The summed E-state index contributed by atoms with van der Waals surface area (Å²) in [5.41, 5.74) is 5.02. The molecule has 0 aliphatic carbocycles. The topological polar surface area (TPSA) is 52.7 Å². The summed E-state index contributed by atoms with van der Waals surface area (Å²) in [4.78, 5) is 8.64. The molecular formula is C49H53N3O. The largest absolute Gasteiger partial charge is 0.619 e. The summed E-state index contributed by atoms with van der Waals surface area (Å²) >= 11 is 0. The molecule has 4 heteroatoms. The lowest BCUT2D eigenvalue weighted by Crippen LogP contribution is -2.25. The van der Waals surface area contributed by atoms with Crippen molar-refractivity contribution in [2.75, 3.05) is 0 Å². The molecule has 0 bridgehead atoms. The van der Waals surface area contributed by atoms with Crippen LogP contribution in [0.2, 0.25) is 0 Å². The van der Waals surface area contributed by atoms with Gasteiger partial charge >= 0.3 is 0 Å². The van der Waals surface area contributed by atoms with Crippen LogP contribution in [0.4, 0.5) is 0 Å². The van der Waals surface area contributed by atoms with Crippen molar-refractivity contribution in [3.8, 4) is 0 Å². The van der Waals surface area contributed by atoms with Gasteiger partial charge in [0.25, 0.3) is 0 Å². The van der Waals surface area contributed by atoms with E-state index in [1.807, 2.05) is 48.9 Å². The zero-order valence-corrected chi connectivity index (χ0v) is 32.5. The molecule has 0 radical (unpaired) electrons. The van der Waals surface area contributed by atoms with E-state index in [0.29, 0.717) is 23.7 Å². The van der Waals surface area contributed by atoms with Crippen LogP contribution in [0.1, 0.15) is 101 Å². The molecule has 0 saturated carbocycles. The molecule has 0 amide bonds. The summed E-state index contributed by atoms with van der Waals surface area (Å²) in [5, 5.41) is 21.2. The maximum Gasteiger partial charge on any atom is 0.188 e. The van der Waals surface area contributed by atoms with E-state index in [0.717, 1.165) is 15.7 Å². The van der Waals surface area contributed by atoms with E-state index >= 15 is 0 Å². The Hall–Kier alpha value is -5.61. The summed E-state index contributed by atoms with van der Waals surface area (Å²) in [6.45, 7) is 17.4. The highest BCUT2D eigenvalue weighted by Gasteiger charge is 2.09. The molecule has 0 spiro atoms. The highest BCUT2D eigenvalue weighted by molar-refractivity contribution is 5.86. The molecule has 8 rings (SSSR count). The third-order valence-electron chi connectivity index (χ3n) is 9.43. The second-order valence-corrected chi connectivity index (χ2v) is 14.8. The molecule has 0 fully saturated rings. The van der Waals surface area contributed by atoms with Gasteiger partial charge in [-0.25, -0.2) is 0 Å². The Morgan fingerprint density at radius 1 is 0.434 bits per heavy atom. The Kier molecular flexibility index (Phi) is 13.3. The Morgan fingerprint density at radius 2 is 0.962 bits per heavy atom. The zero-order chi connectivity index (χ0) is 37.9. The van der Waals surface area contributed by atoms with Gasteiger partial charge in [-0.15, -0.1) is 0 Å². The van der Waals surface area contributed by atoms with E-state index in [4.69, 9.17) is 0 Å². The van der Waals surface area contributed by atoms with Crippen molar-refractivity contribution in [3.05, 3.63) is 180 Å². The minimum absolute atomic E-state index is 0.376. The van der Waals surface area contributed by atoms with Gasteiger partial charge in [0.1, 0.15) is 0 Å². The average Bonchev–Trinajstić information content (AvgIpc) is 3.17. The normalized spacial score (nSPS) is 11.0. The van der Waals surface area contributed by atoms with Crippen LogP contribution in [-0.4, -0.2) is 9.97 Å². The van der Waals surface area contributed by atoms with Crippen molar-refractivity contribution in [3.63, 3.8) is 0 Å². The number of nitrogens with zero attached hydrogens (tertiary/aromatic N) is 3. The zero-order valence-electron chi connectivity index (χ0n) is 32.5. The first-order chi connectivity index (χ1) is 25.5. The number of hydrogen-bond donors (Lipinski definition) is 0. The van der Waals surface area contributed by atoms with E-state index in [-0.39, 0.29) is 0 Å². The highest BCUT2D eigenvalue weighted by Crippen LogP contribution is 2.25. The fraction of sp³-hybridized carbons (Fsp3) is 0.245. The molecule has 0 aliphatic rings. The van der Waals surface area contributed by atoms with Gasteiger partial charge in [0.2, 0.25) is 0 Å². The second-order valence-electron chi connectivity index (χ2n) is 14.8. The minimum atomic E-state index is 0.376. The van der Waals surface area contributed by atoms with Crippen molar-refractivity contribution in [2.24, 2.45) is 0 Å². The lowest BCUT2D eigenvalue weighted by atomic mass is 9.99. The Balaban J connectivity index is 0.000000136. The fourth-order valence-electron chi connectivity index (χ4n) is 6.30. The SMILES string of the molecule is CC(C)c1c[n+]([O-])cc2ccccc12.CC(C)c1cc2ccccc2cn1.CC(C)c1ccc2ccccc2c1.CC(C)c1cncc2ccccc12. The summed E-state index contributed by atoms with van der Waals surface area (Å²) in [6, 6.07) is 42.0. The summed E-state index contributed by atoms with van der Waals surface area (Å²) < 4.78 is 0.887. The number of hydrogen-bond acceptors (Lipinski definition) is 3. The van der Waals surface area contributed by atoms with E-state index in [2.05, 4.69) is 156 Å². The van der Waals surface area contributed by atoms with Crippen LogP contribution in [0.15, 0.2) is 152 Å².